The number of hydrogen-bond acceptors (Lipinski definition) is 3. The Balaban J connectivity index is 2.10. The fraction of sp³-hybridized carbons (Fsp3) is 0. The van der Waals surface area contributed by atoms with E-state index in [-0.39, 0.29) is 5.91 Å². The highest BCUT2D eigenvalue weighted by Crippen LogP contribution is 2.12. The Hall–Kier alpha value is -2.01. The summed E-state index contributed by atoms with van der Waals surface area (Å²) >= 11 is 5.62. The quantitative estimate of drug-likeness (QED) is 0.697. The molecular formula is C10H9ClN4O. The van der Waals surface area contributed by atoms with Crippen LogP contribution in [0.2, 0.25) is 5.15 Å². The van der Waals surface area contributed by atoms with Gasteiger partial charge in [-0.25, -0.2) is 4.98 Å². The molecule has 0 atom stereocenters. The van der Waals surface area contributed by atoms with Crippen LogP contribution >= 0.6 is 11.6 Å². The van der Waals surface area contributed by atoms with Crippen molar-refractivity contribution in [3.8, 4) is 0 Å². The summed E-state index contributed by atoms with van der Waals surface area (Å²) in [5, 5.41) is 3.03. The van der Waals surface area contributed by atoms with Gasteiger partial charge in [-0.1, -0.05) is 11.6 Å². The molecule has 0 aliphatic rings. The zero-order valence-corrected chi connectivity index (χ0v) is 8.95. The van der Waals surface area contributed by atoms with Crippen molar-refractivity contribution < 1.29 is 4.79 Å². The summed E-state index contributed by atoms with van der Waals surface area (Å²) in [7, 11) is 0. The van der Waals surface area contributed by atoms with E-state index in [1.807, 2.05) is 0 Å². The van der Waals surface area contributed by atoms with Gasteiger partial charge in [0.2, 0.25) is 0 Å². The van der Waals surface area contributed by atoms with Crippen molar-refractivity contribution in [1.29, 1.82) is 0 Å². The lowest BCUT2D eigenvalue weighted by molar-refractivity contribution is 0.102. The number of hydrogen-bond donors (Lipinski definition) is 3. The molecule has 0 unspecified atom stereocenters. The Morgan fingerprint density at radius 1 is 1.50 bits per heavy atom. The number of nitrogens with zero attached hydrogens (tertiary/aromatic N) is 1. The molecule has 2 heterocycles. The number of nitrogens with two attached hydrogens (primary N) is 1. The smallest absolute Gasteiger partial charge is 0.272 e. The van der Waals surface area contributed by atoms with Crippen molar-refractivity contribution in [2.24, 2.45) is 0 Å². The van der Waals surface area contributed by atoms with Gasteiger partial charge < -0.3 is 16.0 Å². The van der Waals surface area contributed by atoms with E-state index in [0.29, 0.717) is 22.2 Å². The number of amides is 1. The van der Waals surface area contributed by atoms with Crippen molar-refractivity contribution in [3.05, 3.63) is 41.4 Å². The van der Waals surface area contributed by atoms with Crippen LogP contribution in [0, 0.1) is 0 Å². The number of carbonyl (C=O) groups excluding carboxylic acids is 1. The van der Waals surface area contributed by atoms with Gasteiger partial charge in [0.05, 0.1) is 11.9 Å². The van der Waals surface area contributed by atoms with Gasteiger partial charge in [-0.05, 0) is 18.2 Å². The highest BCUT2D eigenvalue weighted by Gasteiger charge is 2.07. The van der Waals surface area contributed by atoms with E-state index in [2.05, 4.69) is 15.3 Å². The molecule has 5 nitrogen and oxygen atoms in total. The number of nitrogen functional groups attached to an aromatic ring is 1. The van der Waals surface area contributed by atoms with Crippen LogP contribution in [-0.2, 0) is 0 Å². The zero-order chi connectivity index (χ0) is 11.5. The molecule has 0 radical (unpaired) electrons. The van der Waals surface area contributed by atoms with Crippen LogP contribution in [0.1, 0.15) is 10.5 Å². The Labute approximate surface area is 96.6 Å². The predicted octanol–water partition coefficient (Wildman–Crippen LogP) is 1.90. The standard InChI is InChI=1S/C10H9ClN4O/c11-9-2-1-7(5-14-9)15-10(16)8-3-6(12)4-13-8/h1-5,13H,12H2,(H,15,16). The van der Waals surface area contributed by atoms with Crippen molar-refractivity contribution in [1.82, 2.24) is 9.97 Å². The minimum Gasteiger partial charge on any atom is -0.397 e. The normalized spacial score (nSPS) is 10.1. The van der Waals surface area contributed by atoms with Crippen molar-refractivity contribution >= 4 is 28.9 Å². The van der Waals surface area contributed by atoms with Gasteiger partial charge in [0.15, 0.2) is 0 Å². The number of H-pyrrole nitrogens is 1. The number of halogens is 1. The van der Waals surface area contributed by atoms with E-state index < -0.39 is 0 Å². The average Bonchev–Trinajstić information content (AvgIpc) is 2.68. The largest absolute Gasteiger partial charge is 0.397 e. The van der Waals surface area contributed by atoms with E-state index in [1.165, 1.54) is 6.20 Å². The van der Waals surface area contributed by atoms with Crippen LogP contribution in [-0.4, -0.2) is 15.9 Å². The van der Waals surface area contributed by atoms with Crippen LogP contribution in [0.3, 0.4) is 0 Å². The number of anilines is 2. The lowest BCUT2D eigenvalue weighted by Gasteiger charge is -2.02. The molecule has 0 spiro atoms. The monoisotopic (exact) mass is 236 g/mol. The van der Waals surface area contributed by atoms with Crippen molar-refractivity contribution in [2.75, 3.05) is 11.1 Å². The molecule has 16 heavy (non-hydrogen) atoms. The zero-order valence-electron chi connectivity index (χ0n) is 8.20. The van der Waals surface area contributed by atoms with Crippen LogP contribution in [0.25, 0.3) is 0 Å². The summed E-state index contributed by atoms with van der Waals surface area (Å²) in [6.07, 6.45) is 3.03. The number of nitrogens with one attached hydrogen (secondary N) is 2. The number of carbonyl (C=O) groups is 1. The maximum Gasteiger partial charge on any atom is 0.272 e. The topological polar surface area (TPSA) is 83.8 Å². The molecule has 2 aromatic rings. The summed E-state index contributed by atoms with van der Waals surface area (Å²) in [6.45, 7) is 0. The van der Waals surface area contributed by atoms with E-state index in [0.717, 1.165) is 0 Å². The molecule has 0 aliphatic carbocycles. The second-order valence-electron chi connectivity index (χ2n) is 3.17. The number of pyridine rings is 1. The van der Waals surface area contributed by atoms with Crippen molar-refractivity contribution in [2.45, 2.75) is 0 Å². The minimum absolute atomic E-state index is 0.277. The third-order valence-electron chi connectivity index (χ3n) is 1.94. The third kappa shape index (κ3) is 2.32. The molecule has 2 aromatic heterocycles. The van der Waals surface area contributed by atoms with E-state index in [4.69, 9.17) is 17.3 Å². The minimum atomic E-state index is -0.277. The Morgan fingerprint density at radius 2 is 2.31 bits per heavy atom. The van der Waals surface area contributed by atoms with Gasteiger partial charge in [0.25, 0.3) is 5.91 Å². The van der Waals surface area contributed by atoms with Crippen LogP contribution in [0.15, 0.2) is 30.6 Å². The second-order valence-corrected chi connectivity index (χ2v) is 3.56. The van der Waals surface area contributed by atoms with E-state index in [1.54, 1.807) is 24.4 Å². The van der Waals surface area contributed by atoms with Crippen LogP contribution < -0.4 is 11.1 Å². The summed E-state index contributed by atoms with van der Waals surface area (Å²) in [5.74, 6) is -0.277. The van der Waals surface area contributed by atoms with Gasteiger partial charge in [0.1, 0.15) is 10.8 Å². The van der Waals surface area contributed by atoms with Gasteiger partial charge in [0, 0.05) is 11.9 Å². The summed E-state index contributed by atoms with van der Waals surface area (Å²) in [5.41, 5.74) is 6.97. The Morgan fingerprint density at radius 3 is 2.88 bits per heavy atom. The fourth-order valence-electron chi connectivity index (χ4n) is 1.19. The molecule has 0 aliphatic heterocycles. The molecule has 0 saturated heterocycles. The van der Waals surface area contributed by atoms with Crippen molar-refractivity contribution in [3.63, 3.8) is 0 Å². The fourth-order valence-corrected chi connectivity index (χ4v) is 1.30. The molecule has 2 rings (SSSR count). The summed E-state index contributed by atoms with van der Waals surface area (Å²) in [4.78, 5) is 18.3. The van der Waals surface area contributed by atoms with Gasteiger partial charge in [-0.15, -0.1) is 0 Å². The SMILES string of the molecule is Nc1c[nH]c(C(=O)Nc2ccc(Cl)nc2)c1. The molecule has 0 fully saturated rings. The molecule has 6 heteroatoms. The molecule has 4 N–H and O–H groups in total. The first-order valence-corrected chi connectivity index (χ1v) is 4.90. The number of aromatic nitrogens is 2. The molecule has 1 amide bonds. The molecule has 0 aromatic carbocycles. The van der Waals surface area contributed by atoms with E-state index in [9.17, 15) is 4.79 Å². The second kappa shape index (κ2) is 4.24. The predicted molar refractivity (Wildman–Crippen MR) is 62.4 cm³/mol. The third-order valence-corrected chi connectivity index (χ3v) is 2.16. The molecule has 82 valence electrons. The maximum atomic E-state index is 11.7. The first-order chi connectivity index (χ1) is 7.65. The lowest BCUT2D eigenvalue weighted by atomic mass is 10.3. The highest BCUT2D eigenvalue weighted by atomic mass is 35.5. The van der Waals surface area contributed by atoms with Gasteiger partial charge >= 0.3 is 0 Å². The van der Waals surface area contributed by atoms with Gasteiger partial charge in [-0.3, -0.25) is 4.79 Å². The van der Waals surface area contributed by atoms with Crippen LogP contribution in [0.5, 0.6) is 0 Å². The van der Waals surface area contributed by atoms with Crippen LogP contribution in [0.4, 0.5) is 11.4 Å². The lowest BCUT2D eigenvalue weighted by Crippen LogP contribution is -2.12. The molecule has 0 saturated carbocycles. The van der Waals surface area contributed by atoms with E-state index >= 15 is 0 Å². The first-order valence-electron chi connectivity index (χ1n) is 4.52. The average molecular weight is 237 g/mol. The summed E-state index contributed by atoms with van der Waals surface area (Å²) < 4.78 is 0. The van der Waals surface area contributed by atoms with Gasteiger partial charge in [-0.2, -0.15) is 0 Å². The summed E-state index contributed by atoms with van der Waals surface area (Å²) in [6, 6.07) is 4.82. The first kappa shape index (κ1) is 10.5. The molecule has 0 bridgehead atoms. The molecular weight excluding hydrogens is 228 g/mol. The number of rotatable bonds is 2. The highest BCUT2D eigenvalue weighted by molar-refractivity contribution is 6.29. The Kier molecular flexibility index (Phi) is 2.78. The maximum absolute atomic E-state index is 11.7. The number of aromatic amines is 1. The Bertz CT molecular complexity index is 506.